The van der Waals surface area contributed by atoms with Crippen molar-refractivity contribution in [3.8, 4) is 0 Å². The first kappa shape index (κ1) is 14.5. The molecule has 0 bridgehead atoms. The lowest BCUT2D eigenvalue weighted by atomic mass is 10.5. The Hall–Kier alpha value is 0.01000. The van der Waals surface area contributed by atoms with Crippen molar-refractivity contribution < 1.29 is 17.9 Å². The average Bonchev–Trinajstić information content (AvgIpc) is 1.88. The molecule has 12 heavy (non-hydrogen) atoms. The fourth-order valence-corrected chi connectivity index (χ4v) is 0.671. The minimum absolute atomic E-state index is 1.19. The van der Waals surface area contributed by atoms with Gasteiger partial charge in [-0.2, -0.15) is 0 Å². The van der Waals surface area contributed by atoms with Gasteiger partial charge in [0.1, 0.15) is 0 Å². The third-order valence-electron chi connectivity index (χ3n) is 1.34. The lowest BCUT2D eigenvalue weighted by molar-refractivity contribution is 0.321. The molecule has 0 aliphatic carbocycles. The van der Waals surface area contributed by atoms with Gasteiger partial charge in [-0.3, -0.25) is 4.89 Å². The fourth-order valence-electron chi connectivity index (χ4n) is 0.671. The molecule has 0 aromatic rings. The number of hydrogen-bond donors (Lipinski definition) is 1. The van der Waals surface area contributed by atoms with Crippen LogP contribution in [0.3, 0.4) is 0 Å². The molecule has 0 fully saturated rings. The molecule has 0 spiro atoms. The second-order valence-electron chi connectivity index (χ2n) is 2.05. The van der Waals surface area contributed by atoms with Crippen molar-refractivity contribution in [2.45, 2.75) is 20.8 Å². The maximum atomic E-state index is 10.1. The largest absolute Gasteiger partial charge is 0.549 e. The number of rotatable bonds is 3. The van der Waals surface area contributed by atoms with Gasteiger partial charge in [0.2, 0.25) is 0 Å². The van der Waals surface area contributed by atoms with Crippen LogP contribution in [0.4, 0.5) is 8.39 Å². The van der Waals surface area contributed by atoms with E-state index in [1.54, 1.807) is 0 Å². The van der Waals surface area contributed by atoms with E-state index in [2.05, 4.69) is 25.7 Å². The molecular formula is C6H16F2NO2P. The van der Waals surface area contributed by atoms with Gasteiger partial charge in [-0.15, -0.1) is 8.39 Å². The molecule has 0 rings (SSSR count). The first-order chi connectivity index (χ1) is 5.35. The van der Waals surface area contributed by atoms with E-state index in [1.165, 1.54) is 19.6 Å². The van der Waals surface area contributed by atoms with Crippen molar-refractivity contribution in [3.05, 3.63) is 0 Å². The SMILES string of the molecule is CCN(CC)CC.O=P(O)(F)F. The third-order valence-corrected chi connectivity index (χ3v) is 1.34. The predicted molar refractivity (Wildman–Crippen MR) is 45.5 cm³/mol. The molecule has 1 N–H and O–H groups in total. The Labute approximate surface area is 72.1 Å². The van der Waals surface area contributed by atoms with Gasteiger partial charge in [-0.1, -0.05) is 20.8 Å². The van der Waals surface area contributed by atoms with Gasteiger partial charge in [0.05, 0.1) is 0 Å². The number of hydrogen-bond acceptors (Lipinski definition) is 2. The first-order valence-electron chi connectivity index (χ1n) is 3.79. The maximum absolute atomic E-state index is 10.1. The molecule has 0 aliphatic rings. The van der Waals surface area contributed by atoms with E-state index >= 15 is 0 Å². The highest BCUT2D eigenvalue weighted by molar-refractivity contribution is 7.46. The normalized spacial score (nSPS) is 10.9. The van der Waals surface area contributed by atoms with Crippen LogP contribution in [0.25, 0.3) is 0 Å². The molecular weight excluding hydrogens is 187 g/mol. The zero-order chi connectivity index (χ0) is 10.2. The Balaban J connectivity index is 0. The van der Waals surface area contributed by atoms with Gasteiger partial charge >= 0.3 is 7.99 Å². The van der Waals surface area contributed by atoms with Crippen LogP contribution in [0.5, 0.6) is 0 Å². The third kappa shape index (κ3) is 22.5. The molecule has 0 atom stereocenters. The second kappa shape index (κ2) is 7.65. The van der Waals surface area contributed by atoms with E-state index < -0.39 is 7.99 Å². The van der Waals surface area contributed by atoms with Gasteiger partial charge in [-0.25, -0.2) is 4.57 Å². The summed E-state index contributed by atoms with van der Waals surface area (Å²) >= 11 is 0. The summed E-state index contributed by atoms with van der Waals surface area (Å²) < 4.78 is 28.7. The summed E-state index contributed by atoms with van der Waals surface area (Å²) in [5, 5.41) is 0. The molecule has 0 radical (unpaired) electrons. The Morgan fingerprint density at radius 3 is 1.33 bits per heavy atom. The van der Waals surface area contributed by atoms with E-state index in [9.17, 15) is 8.39 Å². The lowest BCUT2D eigenvalue weighted by Crippen LogP contribution is -2.21. The van der Waals surface area contributed by atoms with E-state index in [0.717, 1.165) is 0 Å². The van der Waals surface area contributed by atoms with Crippen LogP contribution in [0.1, 0.15) is 20.8 Å². The van der Waals surface area contributed by atoms with Crippen LogP contribution in [-0.2, 0) is 4.57 Å². The Morgan fingerprint density at radius 2 is 1.33 bits per heavy atom. The summed E-state index contributed by atoms with van der Waals surface area (Å²) in [6, 6.07) is 0. The Morgan fingerprint density at radius 1 is 1.17 bits per heavy atom. The molecule has 3 nitrogen and oxygen atoms in total. The van der Waals surface area contributed by atoms with Crippen molar-refractivity contribution in [2.75, 3.05) is 19.6 Å². The zero-order valence-corrected chi connectivity index (χ0v) is 8.52. The van der Waals surface area contributed by atoms with Crippen LogP contribution in [-0.4, -0.2) is 29.4 Å². The van der Waals surface area contributed by atoms with Crippen LogP contribution < -0.4 is 0 Å². The fraction of sp³-hybridized carbons (Fsp3) is 1.00. The molecule has 6 heteroatoms. The molecule has 76 valence electrons. The zero-order valence-electron chi connectivity index (χ0n) is 7.63. The van der Waals surface area contributed by atoms with Gasteiger partial charge in [-0.05, 0) is 19.6 Å². The van der Waals surface area contributed by atoms with Crippen molar-refractivity contribution in [1.29, 1.82) is 0 Å². The number of halogens is 2. The van der Waals surface area contributed by atoms with Crippen LogP contribution in [0.2, 0.25) is 0 Å². The predicted octanol–water partition coefficient (Wildman–Crippen LogP) is 2.37. The highest BCUT2D eigenvalue weighted by Gasteiger charge is 2.09. The van der Waals surface area contributed by atoms with Gasteiger partial charge in [0.15, 0.2) is 0 Å². The minimum atomic E-state index is -5.64. The molecule has 0 heterocycles. The Bertz CT molecular complexity index is 122. The second-order valence-corrected chi connectivity index (χ2v) is 2.92. The first-order valence-corrected chi connectivity index (χ1v) is 5.23. The molecule has 0 aromatic carbocycles. The van der Waals surface area contributed by atoms with E-state index in [-0.39, 0.29) is 0 Å². The summed E-state index contributed by atoms with van der Waals surface area (Å²) in [5.41, 5.74) is 0. The molecule has 0 saturated heterocycles. The standard InChI is InChI=1S/C6H15N.F2HO2P/c1-4-7(5-2)6-3;1-5(2,3)4/h4-6H2,1-3H3;(H,3,4). The monoisotopic (exact) mass is 203 g/mol. The quantitative estimate of drug-likeness (QED) is 0.716. The number of nitrogens with zero attached hydrogens (tertiary/aromatic N) is 1. The van der Waals surface area contributed by atoms with E-state index in [4.69, 9.17) is 9.46 Å². The lowest BCUT2D eigenvalue weighted by Gasteiger charge is -2.13. The highest BCUT2D eigenvalue weighted by atomic mass is 31.2. The molecule has 0 aliphatic heterocycles. The van der Waals surface area contributed by atoms with Crippen molar-refractivity contribution >= 4 is 7.99 Å². The van der Waals surface area contributed by atoms with Gasteiger partial charge < -0.3 is 4.90 Å². The van der Waals surface area contributed by atoms with Crippen LogP contribution in [0.15, 0.2) is 0 Å². The van der Waals surface area contributed by atoms with Gasteiger partial charge in [0.25, 0.3) is 0 Å². The Kier molecular flexibility index (Phi) is 9.26. The summed E-state index contributed by atoms with van der Waals surface area (Å²) in [6.07, 6.45) is 0. The molecule has 0 unspecified atom stereocenters. The molecule has 0 amide bonds. The molecule has 0 saturated carbocycles. The van der Waals surface area contributed by atoms with Crippen molar-refractivity contribution in [2.24, 2.45) is 0 Å². The van der Waals surface area contributed by atoms with Gasteiger partial charge in [0, 0.05) is 0 Å². The van der Waals surface area contributed by atoms with Crippen molar-refractivity contribution in [1.82, 2.24) is 4.90 Å². The summed E-state index contributed by atoms with van der Waals surface area (Å²) in [4.78, 5) is 9.12. The minimum Gasteiger partial charge on any atom is -0.304 e. The summed E-state index contributed by atoms with van der Waals surface area (Å²) in [7, 11) is -5.64. The van der Waals surface area contributed by atoms with Crippen LogP contribution >= 0.6 is 7.99 Å². The maximum Gasteiger partial charge on any atom is 0.549 e. The topological polar surface area (TPSA) is 40.5 Å². The summed E-state index contributed by atoms with van der Waals surface area (Å²) in [5.74, 6) is 0. The average molecular weight is 203 g/mol. The smallest absolute Gasteiger partial charge is 0.304 e. The summed E-state index contributed by atoms with van der Waals surface area (Å²) in [6.45, 7) is 10.1. The highest BCUT2D eigenvalue weighted by Crippen LogP contribution is 2.43. The van der Waals surface area contributed by atoms with E-state index in [0.29, 0.717) is 0 Å². The molecule has 0 aromatic heterocycles. The van der Waals surface area contributed by atoms with Crippen LogP contribution in [0, 0.1) is 0 Å². The van der Waals surface area contributed by atoms with E-state index in [1.807, 2.05) is 0 Å². The van der Waals surface area contributed by atoms with Crippen molar-refractivity contribution in [3.63, 3.8) is 0 Å².